The van der Waals surface area contributed by atoms with Gasteiger partial charge >= 0.3 is 5.97 Å². The maximum absolute atomic E-state index is 11.8. The Balaban J connectivity index is 1.67. The predicted octanol–water partition coefficient (Wildman–Crippen LogP) is 2.84. The zero-order valence-corrected chi connectivity index (χ0v) is 11.6. The normalized spacial score (nSPS) is 36.8. The number of hydrogen-bond donors (Lipinski definition) is 1. The number of likely N-dealkylation sites (tertiary alicyclic amines) is 1. The third kappa shape index (κ3) is 1.74. The fourth-order valence-corrected chi connectivity index (χ4v) is 4.79. The number of hydrogen-bond acceptors (Lipinski definition) is 3. The van der Waals surface area contributed by atoms with Crippen molar-refractivity contribution in [2.75, 3.05) is 6.54 Å². The Morgan fingerprint density at radius 1 is 1.30 bits per heavy atom. The Morgan fingerprint density at radius 2 is 2.20 bits per heavy atom. The van der Waals surface area contributed by atoms with E-state index >= 15 is 0 Å². The van der Waals surface area contributed by atoms with E-state index in [0.29, 0.717) is 11.8 Å². The number of fused-ring (bicyclic) bond motifs is 2. The van der Waals surface area contributed by atoms with Crippen LogP contribution in [0.25, 0.3) is 0 Å². The first-order chi connectivity index (χ1) is 9.75. The predicted molar refractivity (Wildman–Crippen MR) is 73.3 cm³/mol. The topological polar surface area (TPSA) is 53.7 Å². The van der Waals surface area contributed by atoms with E-state index in [9.17, 15) is 9.90 Å². The molecule has 4 atom stereocenters. The van der Waals surface area contributed by atoms with Crippen molar-refractivity contribution in [3.63, 3.8) is 0 Å². The van der Waals surface area contributed by atoms with Gasteiger partial charge in [-0.05, 0) is 43.6 Å². The zero-order valence-electron chi connectivity index (χ0n) is 11.6. The number of aliphatic carboxylic acids is 1. The number of carboxylic acids is 1. The minimum atomic E-state index is -0.630. The Bertz CT molecular complexity index is 524. The van der Waals surface area contributed by atoms with Gasteiger partial charge in [0.05, 0.1) is 6.26 Å². The minimum absolute atomic E-state index is 0.254. The van der Waals surface area contributed by atoms with Crippen LogP contribution < -0.4 is 0 Å². The second-order valence-electron chi connectivity index (χ2n) is 6.54. The van der Waals surface area contributed by atoms with E-state index in [2.05, 4.69) is 4.90 Å². The van der Waals surface area contributed by atoms with Crippen molar-refractivity contribution < 1.29 is 14.3 Å². The molecule has 0 radical (unpaired) electrons. The molecule has 1 N–H and O–H groups in total. The molecule has 4 nitrogen and oxygen atoms in total. The summed E-state index contributed by atoms with van der Waals surface area (Å²) in [7, 11) is 0. The van der Waals surface area contributed by atoms with Crippen LogP contribution in [0.4, 0.5) is 0 Å². The number of aryl methyl sites for hydroxylation is 1. The molecular weight excluding hydrogens is 254 g/mol. The van der Waals surface area contributed by atoms with Crippen molar-refractivity contribution in [3.8, 4) is 0 Å². The Hall–Kier alpha value is -1.29. The van der Waals surface area contributed by atoms with Gasteiger partial charge in [-0.1, -0.05) is 6.42 Å². The number of furan rings is 1. The van der Waals surface area contributed by atoms with Crippen molar-refractivity contribution in [1.82, 2.24) is 4.90 Å². The molecule has 0 aromatic carbocycles. The van der Waals surface area contributed by atoms with Crippen molar-refractivity contribution in [2.24, 2.45) is 11.8 Å². The summed E-state index contributed by atoms with van der Waals surface area (Å²) < 4.78 is 5.56. The van der Waals surface area contributed by atoms with Gasteiger partial charge in [-0.3, -0.25) is 9.69 Å². The van der Waals surface area contributed by atoms with Crippen LogP contribution >= 0.6 is 0 Å². The van der Waals surface area contributed by atoms with Crippen molar-refractivity contribution in [1.29, 1.82) is 0 Å². The summed E-state index contributed by atoms with van der Waals surface area (Å²) in [6.07, 6.45) is 8.42. The van der Waals surface area contributed by atoms with Crippen LogP contribution in [-0.2, 0) is 11.2 Å². The van der Waals surface area contributed by atoms with E-state index in [0.717, 1.165) is 38.0 Å². The molecule has 0 spiro atoms. The summed E-state index contributed by atoms with van der Waals surface area (Å²) in [6, 6.07) is 2.02. The first-order valence-electron chi connectivity index (χ1n) is 7.80. The maximum Gasteiger partial charge on any atom is 0.321 e. The van der Waals surface area contributed by atoms with E-state index in [1.54, 1.807) is 6.26 Å². The van der Waals surface area contributed by atoms with Gasteiger partial charge < -0.3 is 9.52 Å². The van der Waals surface area contributed by atoms with Gasteiger partial charge in [-0.25, -0.2) is 0 Å². The molecular formula is C16H21NO3. The first kappa shape index (κ1) is 12.5. The van der Waals surface area contributed by atoms with E-state index in [1.807, 2.05) is 6.07 Å². The van der Waals surface area contributed by atoms with Crippen LogP contribution in [-0.4, -0.2) is 28.6 Å². The number of carboxylic acid groups (broad SMARTS) is 1. The summed E-state index contributed by atoms with van der Waals surface area (Å²) in [5, 5.41) is 9.69. The second-order valence-corrected chi connectivity index (χ2v) is 6.54. The highest BCUT2D eigenvalue weighted by Crippen LogP contribution is 2.47. The van der Waals surface area contributed by atoms with Crippen LogP contribution in [0.2, 0.25) is 0 Å². The molecule has 0 amide bonds. The maximum atomic E-state index is 11.8. The summed E-state index contributed by atoms with van der Waals surface area (Å²) in [5.74, 6) is 1.40. The van der Waals surface area contributed by atoms with Crippen LogP contribution in [0.5, 0.6) is 0 Å². The lowest BCUT2D eigenvalue weighted by Crippen LogP contribution is -2.42. The standard InChI is InChI=1S/C16H21NO3/c18-16(19)15-11-4-1-3-10(11)9-17(15)13-5-2-6-14-12(13)7-8-20-14/h7-8,10-11,13,15H,1-6,9H2,(H,18,19). The summed E-state index contributed by atoms with van der Waals surface area (Å²) >= 11 is 0. The Labute approximate surface area is 118 Å². The van der Waals surface area contributed by atoms with Gasteiger partial charge in [0.25, 0.3) is 0 Å². The molecule has 2 aliphatic carbocycles. The monoisotopic (exact) mass is 275 g/mol. The van der Waals surface area contributed by atoms with E-state index in [4.69, 9.17) is 4.42 Å². The van der Waals surface area contributed by atoms with Gasteiger partial charge in [0, 0.05) is 24.6 Å². The van der Waals surface area contributed by atoms with Crippen molar-refractivity contribution in [2.45, 2.75) is 50.6 Å². The van der Waals surface area contributed by atoms with Gasteiger partial charge in [0.15, 0.2) is 0 Å². The summed E-state index contributed by atoms with van der Waals surface area (Å²) in [6.45, 7) is 0.955. The Kier molecular flexibility index (Phi) is 2.88. The fourth-order valence-electron chi connectivity index (χ4n) is 4.79. The molecule has 3 aliphatic rings. The molecule has 108 valence electrons. The Morgan fingerprint density at radius 3 is 3.05 bits per heavy atom. The molecule has 4 unspecified atom stereocenters. The van der Waals surface area contributed by atoms with Crippen LogP contribution in [0.1, 0.15) is 49.5 Å². The summed E-state index contributed by atoms with van der Waals surface area (Å²) in [5.41, 5.74) is 1.24. The lowest BCUT2D eigenvalue weighted by atomic mass is 9.90. The smallest absolute Gasteiger partial charge is 0.321 e. The largest absolute Gasteiger partial charge is 0.480 e. The molecule has 1 aromatic rings. The van der Waals surface area contributed by atoms with Crippen LogP contribution in [0.15, 0.2) is 16.7 Å². The molecule has 20 heavy (non-hydrogen) atoms. The molecule has 4 heteroatoms. The SMILES string of the molecule is O=C(O)C1C2CCCC2CN1C1CCCc2occc21. The highest BCUT2D eigenvalue weighted by atomic mass is 16.4. The first-order valence-corrected chi connectivity index (χ1v) is 7.80. The number of carbonyl (C=O) groups is 1. The molecule has 1 saturated heterocycles. The van der Waals surface area contributed by atoms with Crippen LogP contribution in [0, 0.1) is 11.8 Å². The van der Waals surface area contributed by atoms with E-state index in [-0.39, 0.29) is 12.1 Å². The van der Waals surface area contributed by atoms with Crippen molar-refractivity contribution in [3.05, 3.63) is 23.7 Å². The van der Waals surface area contributed by atoms with Gasteiger partial charge in [0.2, 0.25) is 0 Å². The quantitative estimate of drug-likeness (QED) is 0.901. The highest BCUT2D eigenvalue weighted by Gasteiger charge is 2.50. The molecule has 2 fully saturated rings. The van der Waals surface area contributed by atoms with Gasteiger partial charge in [0.1, 0.15) is 11.8 Å². The van der Waals surface area contributed by atoms with Gasteiger partial charge in [-0.2, -0.15) is 0 Å². The molecule has 4 rings (SSSR count). The average Bonchev–Trinajstić information content (AvgIpc) is 3.11. The average molecular weight is 275 g/mol. The van der Waals surface area contributed by atoms with E-state index < -0.39 is 5.97 Å². The number of nitrogens with zero attached hydrogens (tertiary/aromatic N) is 1. The lowest BCUT2D eigenvalue weighted by molar-refractivity contribution is -0.144. The van der Waals surface area contributed by atoms with E-state index in [1.165, 1.54) is 18.4 Å². The van der Waals surface area contributed by atoms with Crippen molar-refractivity contribution >= 4 is 5.97 Å². The van der Waals surface area contributed by atoms with Gasteiger partial charge in [-0.15, -0.1) is 0 Å². The molecule has 1 saturated carbocycles. The molecule has 2 heterocycles. The second kappa shape index (κ2) is 4.62. The molecule has 1 aromatic heterocycles. The third-order valence-electron chi connectivity index (χ3n) is 5.60. The summed E-state index contributed by atoms with van der Waals surface area (Å²) in [4.78, 5) is 14.1. The van der Waals surface area contributed by atoms with Crippen LogP contribution in [0.3, 0.4) is 0 Å². The molecule has 1 aliphatic heterocycles. The minimum Gasteiger partial charge on any atom is -0.480 e. The highest BCUT2D eigenvalue weighted by molar-refractivity contribution is 5.74. The number of rotatable bonds is 2. The third-order valence-corrected chi connectivity index (χ3v) is 5.60. The zero-order chi connectivity index (χ0) is 13.7. The molecule has 0 bridgehead atoms. The lowest BCUT2D eigenvalue weighted by Gasteiger charge is -2.34. The fraction of sp³-hybridized carbons (Fsp3) is 0.688.